The van der Waals surface area contributed by atoms with Gasteiger partial charge in [-0.15, -0.1) is 0 Å². The molecule has 2 fully saturated rings. The van der Waals surface area contributed by atoms with Gasteiger partial charge in [-0.05, 0) is 52.9 Å². The van der Waals surface area contributed by atoms with Crippen LogP contribution in [0.4, 0.5) is 10.1 Å². The van der Waals surface area contributed by atoms with Crippen molar-refractivity contribution in [3.8, 4) is 5.75 Å². The maximum Gasteiger partial charge on any atom is 0.235 e. The second-order valence-electron chi connectivity index (χ2n) is 12.7. The van der Waals surface area contributed by atoms with Crippen LogP contribution < -0.4 is 16.4 Å². The highest BCUT2D eigenvalue weighted by atomic mass is 19.1. The molecular weight excluding hydrogens is 551 g/mol. The van der Waals surface area contributed by atoms with Crippen molar-refractivity contribution in [1.82, 2.24) is 10.2 Å². The highest BCUT2D eigenvalue weighted by Crippen LogP contribution is 2.52. The quantitative estimate of drug-likeness (QED) is 0.218. The largest absolute Gasteiger partial charge is 0.505 e. The fourth-order valence-electron chi connectivity index (χ4n) is 6.67. The monoisotopic (exact) mass is 588 g/mol. The predicted molar refractivity (Wildman–Crippen MR) is 147 cm³/mol. The number of amides is 2. The maximum absolute atomic E-state index is 16.2. The number of rotatable bonds is 6. The van der Waals surface area contributed by atoms with E-state index in [1.165, 1.54) is 19.0 Å². The number of nitrogens with two attached hydrogens (primary N) is 1. The fourth-order valence-corrected chi connectivity index (χ4v) is 6.67. The Hall–Kier alpha value is -3.55. The van der Waals surface area contributed by atoms with Crippen molar-refractivity contribution < 1.29 is 43.4 Å². The molecule has 6 atom stereocenters. The number of benzene rings is 1. The van der Waals surface area contributed by atoms with Crippen LogP contribution in [0.1, 0.15) is 48.7 Å². The van der Waals surface area contributed by atoms with Gasteiger partial charge in [0.25, 0.3) is 0 Å². The average molecular weight is 589 g/mol. The maximum atomic E-state index is 16.2. The number of carbonyl (C=O) groups is 6. The minimum Gasteiger partial charge on any atom is -0.505 e. The smallest absolute Gasteiger partial charge is 0.235 e. The van der Waals surface area contributed by atoms with Crippen LogP contribution in [0.3, 0.4) is 0 Å². The molecular formula is C29H37FN4O8. The topological polar surface area (TPSA) is 196 Å². The zero-order valence-electron chi connectivity index (χ0n) is 24.5. The molecule has 0 saturated heterocycles. The van der Waals surface area contributed by atoms with Gasteiger partial charge in [-0.1, -0.05) is 20.8 Å². The van der Waals surface area contributed by atoms with Crippen LogP contribution in [-0.2, 0) is 36.8 Å². The summed E-state index contributed by atoms with van der Waals surface area (Å²) in [7, 11) is 4.60. The Morgan fingerprint density at radius 3 is 2.29 bits per heavy atom. The molecule has 3 aliphatic rings. The van der Waals surface area contributed by atoms with E-state index in [1.807, 2.05) is 0 Å². The van der Waals surface area contributed by atoms with E-state index in [1.54, 1.807) is 27.8 Å². The standard InChI is InChI=1S/C29H37FN4O8/c1-28(2,3)27(41)33-19-12(7-8-32-4)18(30)13-9-11-10-14-20(34(5)6)23(37)17(26(31)40)25(39)29(14,42)24(38)15(11)21(35)16(13)22(19)36/h11,14-15,17,20,32,36,42H,7-10H2,1-6H3,(H2,31,40)(H,33,41)/t11-,14-,15?,17?,20-,29-/m0/s1. The van der Waals surface area contributed by atoms with Gasteiger partial charge in [0.2, 0.25) is 11.8 Å². The van der Waals surface area contributed by atoms with Crippen LogP contribution in [0.25, 0.3) is 0 Å². The molecule has 1 aromatic carbocycles. The van der Waals surface area contributed by atoms with Crippen LogP contribution in [0.15, 0.2) is 0 Å². The Morgan fingerprint density at radius 2 is 1.76 bits per heavy atom. The van der Waals surface area contributed by atoms with Crippen molar-refractivity contribution in [2.45, 2.75) is 51.7 Å². The molecule has 42 heavy (non-hydrogen) atoms. The van der Waals surface area contributed by atoms with Crippen molar-refractivity contribution in [2.75, 3.05) is 33.0 Å². The molecule has 0 aliphatic heterocycles. The highest BCUT2D eigenvalue weighted by molar-refractivity contribution is 6.32. The zero-order valence-corrected chi connectivity index (χ0v) is 24.5. The molecule has 2 amide bonds. The summed E-state index contributed by atoms with van der Waals surface area (Å²) < 4.78 is 16.2. The van der Waals surface area contributed by atoms with E-state index in [2.05, 4.69) is 10.6 Å². The number of ketones is 4. The molecule has 0 aromatic heterocycles. The molecule has 6 N–H and O–H groups in total. The number of nitrogens with zero attached hydrogens (tertiary/aromatic N) is 1. The van der Waals surface area contributed by atoms with Crippen molar-refractivity contribution in [3.05, 3.63) is 22.5 Å². The van der Waals surface area contributed by atoms with Crippen molar-refractivity contribution in [1.29, 1.82) is 0 Å². The lowest BCUT2D eigenvalue weighted by Crippen LogP contribution is -2.74. The number of phenolic OH excluding ortho intramolecular Hbond substituents is 1. The number of halogens is 1. The number of nitrogens with one attached hydrogen (secondary N) is 2. The number of hydrogen-bond acceptors (Lipinski definition) is 10. The lowest BCUT2D eigenvalue weighted by atomic mass is 9.52. The molecule has 0 heterocycles. The van der Waals surface area contributed by atoms with Gasteiger partial charge < -0.3 is 26.6 Å². The lowest BCUT2D eigenvalue weighted by Gasteiger charge is -2.52. The Labute approximate surface area is 242 Å². The molecule has 0 bridgehead atoms. The number of aliphatic hydroxyl groups is 1. The van der Waals surface area contributed by atoms with E-state index in [9.17, 15) is 39.0 Å². The molecule has 4 rings (SSSR count). The van der Waals surface area contributed by atoms with Crippen LogP contribution in [0, 0.1) is 34.9 Å². The molecule has 2 unspecified atom stereocenters. The lowest BCUT2D eigenvalue weighted by molar-refractivity contribution is -0.181. The summed E-state index contributed by atoms with van der Waals surface area (Å²) in [6, 6.07) is -1.26. The summed E-state index contributed by atoms with van der Waals surface area (Å²) in [6.07, 6.45) is -0.365. The van der Waals surface area contributed by atoms with Gasteiger partial charge in [0.1, 0.15) is 5.82 Å². The van der Waals surface area contributed by atoms with Gasteiger partial charge in [0, 0.05) is 22.5 Å². The first kappa shape index (κ1) is 31.4. The fraction of sp³-hybridized carbons (Fsp3) is 0.586. The Balaban J connectivity index is 1.90. The number of hydrogen-bond donors (Lipinski definition) is 5. The molecule has 0 radical (unpaired) electrons. The van der Waals surface area contributed by atoms with Gasteiger partial charge in [-0.2, -0.15) is 0 Å². The third-order valence-electron chi connectivity index (χ3n) is 8.81. The Morgan fingerprint density at radius 1 is 1.14 bits per heavy atom. The Kier molecular flexibility index (Phi) is 7.94. The third kappa shape index (κ3) is 4.54. The summed E-state index contributed by atoms with van der Waals surface area (Å²) in [6.45, 7) is 5.11. The first-order chi connectivity index (χ1) is 19.4. The second kappa shape index (κ2) is 10.6. The van der Waals surface area contributed by atoms with E-state index in [0.717, 1.165) is 0 Å². The summed E-state index contributed by atoms with van der Waals surface area (Å²) in [5.74, 6) is -13.9. The van der Waals surface area contributed by atoms with Gasteiger partial charge >= 0.3 is 0 Å². The molecule has 12 nitrogen and oxygen atoms in total. The van der Waals surface area contributed by atoms with Crippen molar-refractivity contribution in [3.63, 3.8) is 0 Å². The van der Waals surface area contributed by atoms with Crippen LogP contribution in [0.5, 0.6) is 5.75 Å². The average Bonchev–Trinajstić information content (AvgIpc) is 2.87. The first-order valence-corrected chi connectivity index (χ1v) is 13.8. The molecule has 0 spiro atoms. The number of phenols is 1. The van der Waals surface area contributed by atoms with E-state index in [4.69, 9.17) is 5.73 Å². The molecule has 13 heteroatoms. The van der Waals surface area contributed by atoms with Crippen LogP contribution in [0.2, 0.25) is 0 Å². The second-order valence-corrected chi connectivity index (χ2v) is 12.7. The van der Waals surface area contributed by atoms with Gasteiger partial charge in [-0.25, -0.2) is 4.39 Å². The summed E-state index contributed by atoms with van der Waals surface area (Å²) >= 11 is 0. The van der Waals surface area contributed by atoms with E-state index in [-0.39, 0.29) is 42.6 Å². The number of primary amides is 1. The Bertz CT molecular complexity index is 1420. The number of Topliss-reactive ketones (excluding diaryl/α,β-unsaturated/α-hetero) is 4. The predicted octanol–water partition coefficient (Wildman–Crippen LogP) is -0.247. The zero-order chi connectivity index (χ0) is 31.6. The van der Waals surface area contributed by atoms with Crippen LogP contribution >= 0.6 is 0 Å². The summed E-state index contributed by atoms with van der Waals surface area (Å²) in [4.78, 5) is 80.8. The first-order valence-electron chi connectivity index (χ1n) is 13.8. The van der Waals surface area contributed by atoms with E-state index >= 15 is 4.39 Å². The van der Waals surface area contributed by atoms with E-state index in [0.29, 0.717) is 0 Å². The number of fused-ring (bicyclic) bond motifs is 3. The third-order valence-corrected chi connectivity index (χ3v) is 8.81. The number of carbonyl (C=O) groups excluding carboxylic acids is 6. The highest BCUT2D eigenvalue weighted by Gasteiger charge is 2.69. The number of anilines is 1. The van der Waals surface area contributed by atoms with Gasteiger partial charge in [0.15, 0.2) is 40.4 Å². The van der Waals surface area contributed by atoms with Gasteiger partial charge in [-0.3, -0.25) is 33.7 Å². The van der Waals surface area contributed by atoms with Crippen molar-refractivity contribution in [2.24, 2.45) is 34.8 Å². The number of aromatic hydroxyl groups is 1. The minimum atomic E-state index is -2.89. The molecule has 1 aromatic rings. The molecule has 2 saturated carbocycles. The molecule has 3 aliphatic carbocycles. The minimum absolute atomic E-state index is 0.0263. The van der Waals surface area contributed by atoms with E-state index < -0.39 is 92.8 Å². The molecule has 228 valence electrons. The summed E-state index contributed by atoms with van der Waals surface area (Å²) in [5, 5.41) is 28.4. The summed E-state index contributed by atoms with van der Waals surface area (Å²) in [5.41, 5.74) is 0.509. The number of likely N-dealkylation sites (N-methyl/N-ethyl adjacent to an activating group) is 2. The SMILES string of the molecule is CNCCc1c(F)c2c(c(O)c1NC(=O)C(C)(C)C)C(=O)C1C(=O)[C@]3(O)C(=O)C(C(N)=O)C(=O)[C@@H](N(C)C)[C@@H]3C[C@@H]1C2. The van der Waals surface area contributed by atoms with Crippen molar-refractivity contribution >= 4 is 40.6 Å². The van der Waals surface area contributed by atoms with Crippen LogP contribution in [-0.4, -0.2) is 89.4 Å². The van der Waals surface area contributed by atoms with Gasteiger partial charge in [0.05, 0.1) is 23.2 Å². The normalized spacial score (nSPS) is 29.2.